The summed E-state index contributed by atoms with van der Waals surface area (Å²) in [5, 5.41) is 8.42. The van der Waals surface area contributed by atoms with Crippen molar-refractivity contribution in [1.82, 2.24) is 4.98 Å². The van der Waals surface area contributed by atoms with Crippen LogP contribution in [-0.4, -0.2) is 11.2 Å². The van der Waals surface area contributed by atoms with Crippen molar-refractivity contribution in [2.24, 2.45) is 0 Å². The number of halogens is 3. The molecule has 0 aliphatic carbocycles. The molecule has 1 aromatic rings. The number of alkyl halides is 3. The first kappa shape index (κ1) is 12.8. The molecule has 1 unspecified atom stereocenters. The van der Waals surface area contributed by atoms with Crippen LogP contribution in [0, 0.1) is 11.3 Å². The van der Waals surface area contributed by atoms with Gasteiger partial charge in [0.1, 0.15) is 5.69 Å². The maximum Gasteiger partial charge on any atom is 0.433 e. The molecule has 0 saturated heterocycles. The fourth-order valence-corrected chi connectivity index (χ4v) is 1.84. The van der Waals surface area contributed by atoms with Gasteiger partial charge in [0.05, 0.1) is 12.5 Å². The second-order valence-electron chi connectivity index (χ2n) is 3.06. The zero-order chi connectivity index (χ0) is 12.2. The number of rotatable bonds is 3. The van der Waals surface area contributed by atoms with E-state index in [1.807, 2.05) is 6.07 Å². The third-order valence-corrected chi connectivity index (χ3v) is 3.02. The number of nitriles is 1. The van der Waals surface area contributed by atoms with Crippen LogP contribution in [0.25, 0.3) is 0 Å². The van der Waals surface area contributed by atoms with Crippen molar-refractivity contribution in [2.45, 2.75) is 17.8 Å². The van der Waals surface area contributed by atoms with Gasteiger partial charge in [-0.25, -0.2) is 0 Å². The summed E-state index contributed by atoms with van der Waals surface area (Å²) in [6.45, 7) is 0. The van der Waals surface area contributed by atoms with Crippen LogP contribution in [-0.2, 0) is 6.18 Å². The van der Waals surface area contributed by atoms with E-state index in [-0.39, 0.29) is 11.7 Å². The lowest BCUT2D eigenvalue weighted by Crippen LogP contribution is -2.08. The smallest absolute Gasteiger partial charge is 0.251 e. The highest BCUT2D eigenvalue weighted by molar-refractivity contribution is 7.98. The Balaban J connectivity index is 2.90. The van der Waals surface area contributed by atoms with Crippen molar-refractivity contribution in [2.75, 3.05) is 6.26 Å². The molecule has 0 spiro atoms. The maximum atomic E-state index is 12.2. The summed E-state index contributed by atoms with van der Waals surface area (Å²) in [5.41, 5.74) is -0.268. The Hall–Kier alpha value is -1.22. The normalized spacial score (nSPS) is 13.2. The highest BCUT2D eigenvalue weighted by atomic mass is 32.2. The van der Waals surface area contributed by atoms with Crippen LogP contribution < -0.4 is 0 Å². The van der Waals surface area contributed by atoms with E-state index in [9.17, 15) is 13.2 Å². The van der Waals surface area contributed by atoms with Gasteiger partial charge in [0.25, 0.3) is 0 Å². The minimum atomic E-state index is -4.41. The molecule has 0 aromatic carbocycles. The molecule has 6 heteroatoms. The van der Waals surface area contributed by atoms with Crippen LogP contribution in [0.3, 0.4) is 0 Å². The Bertz CT molecular complexity index is 381. The third kappa shape index (κ3) is 3.14. The Morgan fingerprint density at radius 2 is 2.19 bits per heavy atom. The lowest BCUT2D eigenvalue weighted by molar-refractivity contribution is -0.141. The minimum Gasteiger partial charge on any atom is -0.251 e. The number of hydrogen-bond donors (Lipinski definition) is 0. The summed E-state index contributed by atoms with van der Waals surface area (Å²) in [6, 6.07) is 4.30. The van der Waals surface area contributed by atoms with Gasteiger partial charge in [0.2, 0.25) is 0 Å². The van der Waals surface area contributed by atoms with E-state index in [2.05, 4.69) is 4.98 Å². The van der Waals surface area contributed by atoms with E-state index in [1.165, 1.54) is 24.0 Å². The van der Waals surface area contributed by atoms with E-state index >= 15 is 0 Å². The van der Waals surface area contributed by atoms with Crippen LogP contribution in [0.2, 0.25) is 0 Å². The molecule has 0 aliphatic rings. The van der Waals surface area contributed by atoms with Crippen molar-refractivity contribution >= 4 is 11.8 Å². The number of thioether (sulfide) groups is 1. The second-order valence-corrected chi connectivity index (χ2v) is 4.10. The summed E-state index contributed by atoms with van der Waals surface area (Å²) >= 11 is 1.42. The zero-order valence-electron chi connectivity index (χ0n) is 8.45. The summed E-state index contributed by atoms with van der Waals surface area (Å²) in [4.78, 5) is 3.35. The Labute approximate surface area is 95.5 Å². The van der Waals surface area contributed by atoms with E-state index in [0.717, 1.165) is 6.07 Å². The van der Waals surface area contributed by atoms with Crippen molar-refractivity contribution in [3.8, 4) is 6.07 Å². The van der Waals surface area contributed by atoms with Gasteiger partial charge >= 0.3 is 6.18 Å². The first-order valence-electron chi connectivity index (χ1n) is 4.42. The molecule has 0 saturated carbocycles. The first-order valence-corrected chi connectivity index (χ1v) is 5.70. The molecule has 1 rings (SSSR count). The van der Waals surface area contributed by atoms with Crippen LogP contribution in [0.1, 0.15) is 22.9 Å². The molecule has 86 valence electrons. The predicted octanol–water partition coefficient (Wildman–Crippen LogP) is 3.42. The van der Waals surface area contributed by atoms with Crippen molar-refractivity contribution in [3.63, 3.8) is 0 Å². The molecule has 0 aliphatic heterocycles. The summed E-state index contributed by atoms with van der Waals surface area (Å²) in [5.74, 6) is 0. The minimum absolute atomic E-state index is 0.125. The molecule has 1 atom stereocenters. The molecule has 1 heterocycles. The van der Waals surface area contributed by atoms with Crippen LogP contribution in [0.4, 0.5) is 13.2 Å². The SMILES string of the molecule is CSC(CC#N)c1ccc(C(F)(F)F)nc1. The summed E-state index contributed by atoms with van der Waals surface area (Å²) in [6.07, 6.45) is -1.17. The Kier molecular flexibility index (Phi) is 4.19. The van der Waals surface area contributed by atoms with Crippen LogP contribution in [0.5, 0.6) is 0 Å². The first-order chi connectivity index (χ1) is 7.49. The summed E-state index contributed by atoms with van der Waals surface area (Å²) < 4.78 is 36.7. The number of aromatic nitrogens is 1. The number of nitrogens with zero attached hydrogens (tertiary/aromatic N) is 2. The zero-order valence-corrected chi connectivity index (χ0v) is 9.27. The monoisotopic (exact) mass is 246 g/mol. The molecule has 0 fully saturated rings. The van der Waals surface area contributed by atoms with E-state index in [4.69, 9.17) is 5.26 Å². The standard InChI is InChI=1S/C10H9F3N2S/c1-16-8(4-5-14)7-2-3-9(15-6-7)10(11,12)13/h2-3,6,8H,4H2,1H3. The average Bonchev–Trinajstić information content (AvgIpc) is 2.25. The predicted molar refractivity (Wildman–Crippen MR) is 55.7 cm³/mol. The lowest BCUT2D eigenvalue weighted by Gasteiger charge is -2.11. The lowest BCUT2D eigenvalue weighted by atomic mass is 10.1. The fourth-order valence-electron chi connectivity index (χ4n) is 1.18. The van der Waals surface area contributed by atoms with E-state index in [1.54, 1.807) is 6.26 Å². The van der Waals surface area contributed by atoms with Gasteiger partial charge in [-0.1, -0.05) is 6.07 Å². The van der Waals surface area contributed by atoms with Crippen LogP contribution in [0.15, 0.2) is 18.3 Å². The van der Waals surface area contributed by atoms with Gasteiger partial charge in [-0.3, -0.25) is 4.98 Å². The van der Waals surface area contributed by atoms with E-state index in [0.29, 0.717) is 5.56 Å². The molecule has 0 bridgehead atoms. The molecule has 1 aromatic heterocycles. The van der Waals surface area contributed by atoms with Crippen molar-refractivity contribution in [3.05, 3.63) is 29.6 Å². The molecular weight excluding hydrogens is 237 g/mol. The molecule has 0 radical (unpaired) electrons. The van der Waals surface area contributed by atoms with Crippen molar-refractivity contribution < 1.29 is 13.2 Å². The second kappa shape index (κ2) is 5.21. The molecule has 0 N–H and O–H groups in total. The van der Waals surface area contributed by atoms with Crippen molar-refractivity contribution in [1.29, 1.82) is 5.26 Å². The molecule has 0 amide bonds. The van der Waals surface area contributed by atoms with Gasteiger partial charge in [-0.05, 0) is 17.9 Å². The third-order valence-electron chi connectivity index (χ3n) is 2.01. The number of pyridine rings is 1. The van der Waals surface area contributed by atoms with Crippen LogP contribution >= 0.6 is 11.8 Å². The average molecular weight is 246 g/mol. The highest BCUT2D eigenvalue weighted by Crippen LogP contribution is 2.32. The Morgan fingerprint density at radius 3 is 2.56 bits per heavy atom. The van der Waals surface area contributed by atoms with Gasteiger partial charge in [-0.15, -0.1) is 0 Å². The topological polar surface area (TPSA) is 36.7 Å². The maximum absolute atomic E-state index is 12.2. The van der Waals surface area contributed by atoms with Gasteiger partial charge in [0.15, 0.2) is 0 Å². The molecular formula is C10H9F3N2S. The largest absolute Gasteiger partial charge is 0.433 e. The van der Waals surface area contributed by atoms with E-state index < -0.39 is 11.9 Å². The summed E-state index contributed by atoms with van der Waals surface area (Å²) in [7, 11) is 0. The molecule has 2 nitrogen and oxygen atoms in total. The van der Waals surface area contributed by atoms with Gasteiger partial charge in [-0.2, -0.15) is 30.2 Å². The highest BCUT2D eigenvalue weighted by Gasteiger charge is 2.32. The van der Waals surface area contributed by atoms with Gasteiger partial charge < -0.3 is 0 Å². The Morgan fingerprint density at radius 1 is 1.50 bits per heavy atom. The quantitative estimate of drug-likeness (QED) is 0.820. The van der Waals surface area contributed by atoms with Gasteiger partial charge in [0, 0.05) is 11.4 Å². The molecule has 16 heavy (non-hydrogen) atoms. The number of hydrogen-bond acceptors (Lipinski definition) is 3. The fraction of sp³-hybridized carbons (Fsp3) is 0.400.